The molecule has 0 spiro atoms. The fraction of sp³-hybridized carbons (Fsp3) is 1.00. The summed E-state index contributed by atoms with van der Waals surface area (Å²) in [5.41, 5.74) is 0.562. The van der Waals surface area contributed by atoms with Gasteiger partial charge in [-0.2, -0.15) is 0 Å². The van der Waals surface area contributed by atoms with Gasteiger partial charge in [0.25, 0.3) is 0 Å². The van der Waals surface area contributed by atoms with E-state index < -0.39 is 0 Å². The number of rotatable bonds is 6. The first-order chi connectivity index (χ1) is 8.78. The molecule has 1 atom stereocenters. The van der Waals surface area contributed by atoms with Crippen LogP contribution >= 0.6 is 15.9 Å². The third-order valence-corrected chi connectivity index (χ3v) is 5.72. The zero-order valence-corrected chi connectivity index (χ0v) is 13.4. The molecular formula is C15H28BrNO. The van der Waals surface area contributed by atoms with Crippen LogP contribution in [0.1, 0.15) is 51.9 Å². The first-order valence-electron chi connectivity index (χ1n) is 7.68. The van der Waals surface area contributed by atoms with Gasteiger partial charge in [0, 0.05) is 25.0 Å². The van der Waals surface area contributed by atoms with Gasteiger partial charge in [-0.3, -0.25) is 0 Å². The molecule has 0 aromatic carbocycles. The topological polar surface area (TPSA) is 12.5 Å². The average molecular weight is 318 g/mol. The highest BCUT2D eigenvalue weighted by Crippen LogP contribution is 2.40. The molecule has 0 aromatic heterocycles. The zero-order chi connectivity index (χ0) is 12.8. The lowest BCUT2D eigenvalue weighted by Crippen LogP contribution is -2.45. The Labute approximate surface area is 121 Å². The van der Waals surface area contributed by atoms with Gasteiger partial charge in [0.05, 0.1) is 6.10 Å². The van der Waals surface area contributed by atoms with Crippen LogP contribution in [0.2, 0.25) is 0 Å². The van der Waals surface area contributed by atoms with Gasteiger partial charge in [-0.25, -0.2) is 0 Å². The van der Waals surface area contributed by atoms with Crippen molar-refractivity contribution in [2.24, 2.45) is 5.41 Å². The molecule has 1 unspecified atom stereocenters. The minimum Gasteiger partial charge on any atom is -0.377 e. The highest BCUT2D eigenvalue weighted by Gasteiger charge is 2.35. The smallest absolute Gasteiger partial charge is 0.0702 e. The number of nitrogens with zero attached hydrogens (tertiary/aromatic N) is 1. The monoisotopic (exact) mass is 317 g/mol. The van der Waals surface area contributed by atoms with E-state index >= 15 is 0 Å². The van der Waals surface area contributed by atoms with Crippen molar-refractivity contribution in [1.82, 2.24) is 4.90 Å². The molecule has 1 aliphatic carbocycles. The van der Waals surface area contributed by atoms with Gasteiger partial charge in [0.1, 0.15) is 0 Å². The molecule has 2 nitrogen and oxygen atoms in total. The van der Waals surface area contributed by atoms with Crippen LogP contribution in [0.5, 0.6) is 0 Å². The molecule has 1 saturated heterocycles. The SMILES string of the molecule is CCCOC1CCCN(CC2(CBr)CCCC2)C1. The molecule has 18 heavy (non-hydrogen) atoms. The van der Waals surface area contributed by atoms with Gasteiger partial charge in [-0.15, -0.1) is 0 Å². The van der Waals surface area contributed by atoms with E-state index in [4.69, 9.17) is 4.74 Å². The van der Waals surface area contributed by atoms with Crippen molar-refractivity contribution in [3.63, 3.8) is 0 Å². The lowest BCUT2D eigenvalue weighted by Gasteiger charge is -2.38. The highest BCUT2D eigenvalue weighted by molar-refractivity contribution is 9.09. The van der Waals surface area contributed by atoms with Crippen molar-refractivity contribution < 1.29 is 4.74 Å². The zero-order valence-electron chi connectivity index (χ0n) is 11.8. The summed E-state index contributed by atoms with van der Waals surface area (Å²) < 4.78 is 5.94. The molecule has 1 heterocycles. The Morgan fingerprint density at radius 2 is 2.06 bits per heavy atom. The van der Waals surface area contributed by atoms with E-state index in [1.165, 1.54) is 56.9 Å². The van der Waals surface area contributed by atoms with Crippen LogP contribution in [-0.4, -0.2) is 42.6 Å². The maximum absolute atomic E-state index is 5.94. The molecule has 2 rings (SSSR count). The van der Waals surface area contributed by atoms with E-state index in [0.717, 1.165) is 19.6 Å². The molecule has 0 bridgehead atoms. The summed E-state index contributed by atoms with van der Waals surface area (Å²) in [6.45, 7) is 6.85. The van der Waals surface area contributed by atoms with Gasteiger partial charge in [-0.05, 0) is 44.1 Å². The van der Waals surface area contributed by atoms with Crippen molar-refractivity contribution in [3.8, 4) is 0 Å². The van der Waals surface area contributed by atoms with E-state index in [9.17, 15) is 0 Å². The second-order valence-electron chi connectivity index (χ2n) is 6.21. The minimum absolute atomic E-state index is 0.493. The lowest BCUT2D eigenvalue weighted by atomic mass is 9.87. The van der Waals surface area contributed by atoms with Crippen molar-refractivity contribution in [1.29, 1.82) is 0 Å². The maximum Gasteiger partial charge on any atom is 0.0702 e. The van der Waals surface area contributed by atoms with E-state index in [2.05, 4.69) is 27.8 Å². The third-order valence-electron chi connectivity index (χ3n) is 4.53. The fourth-order valence-electron chi connectivity index (χ4n) is 3.51. The second-order valence-corrected chi connectivity index (χ2v) is 6.77. The Balaban J connectivity index is 1.81. The fourth-order valence-corrected chi connectivity index (χ4v) is 4.25. The van der Waals surface area contributed by atoms with E-state index in [0.29, 0.717) is 11.5 Å². The van der Waals surface area contributed by atoms with Crippen LogP contribution in [0, 0.1) is 5.41 Å². The van der Waals surface area contributed by atoms with Gasteiger partial charge in [0.2, 0.25) is 0 Å². The summed E-state index contributed by atoms with van der Waals surface area (Å²) in [6.07, 6.45) is 9.88. The third kappa shape index (κ3) is 3.94. The minimum atomic E-state index is 0.493. The van der Waals surface area contributed by atoms with Gasteiger partial charge in [-0.1, -0.05) is 35.7 Å². The van der Waals surface area contributed by atoms with Crippen LogP contribution in [0.15, 0.2) is 0 Å². The predicted octanol–water partition coefficient (Wildman–Crippen LogP) is 3.83. The molecule has 1 aliphatic heterocycles. The van der Waals surface area contributed by atoms with Crippen LogP contribution in [-0.2, 0) is 4.74 Å². The number of hydrogen-bond donors (Lipinski definition) is 0. The van der Waals surface area contributed by atoms with Crippen molar-refractivity contribution in [2.75, 3.05) is 31.6 Å². The molecule has 0 aromatic rings. The van der Waals surface area contributed by atoms with Gasteiger partial charge in [0.15, 0.2) is 0 Å². The Kier molecular flexibility index (Phi) is 5.96. The largest absolute Gasteiger partial charge is 0.377 e. The lowest BCUT2D eigenvalue weighted by molar-refractivity contribution is -0.00936. The quantitative estimate of drug-likeness (QED) is 0.690. The molecule has 106 valence electrons. The molecule has 2 fully saturated rings. The molecule has 0 N–H and O–H groups in total. The number of halogens is 1. The standard InChI is InChI=1S/C15H28BrNO/c1-2-10-18-14-6-5-9-17(11-14)13-15(12-16)7-3-4-8-15/h14H,2-13H2,1H3. The first-order valence-corrected chi connectivity index (χ1v) is 8.80. The van der Waals surface area contributed by atoms with Crippen molar-refractivity contribution in [3.05, 3.63) is 0 Å². The van der Waals surface area contributed by atoms with Gasteiger partial charge >= 0.3 is 0 Å². The van der Waals surface area contributed by atoms with E-state index in [1.807, 2.05) is 0 Å². The maximum atomic E-state index is 5.94. The summed E-state index contributed by atoms with van der Waals surface area (Å²) >= 11 is 3.76. The molecule has 0 amide bonds. The predicted molar refractivity (Wildman–Crippen MR) is 80.4 cm³/mol. The molecule has 1 saturated carbocycles. The van der Waals surface area contributed by atoms with Crippen molar-refractivity contribution >= 4 is 15.9 Å². The Morgan fingerprint density at radius 1 is 1.28 bits per heavy atom. The number of alkyl halides is 1. The van der Waals surface area contributed by atoms with Crippen LogP contribution < -0.4 is 0 Å². The van der Waals surface area contributed by atoms with E-state index in [1.54, 1.807) is 0 Å². The molecule has 0 radical (unpaired) electrons. The molecular weight excluding hydrogens is 290 g/mol. The summed E-state index contributed by atoms with van der Waals surface area (Å²) in [4.78, 5) is 2.66. The second kappa shape index (κ2) is 7.25. The summed E-state index contributed by atoms with van der Waals surface area (Å²) in [7, 11) is 0. The Bertz CT molecular complexity index is 241. The van der Waals surface area contributed by atoms with Crippen LogP contribution in [0.3, 0.4) is 0 Å². The molecule has 3 heteroatoms. The number of likely N-dealkylation sites (tertiary alicyclic amines) is 1. The molecule has 2 aliphatic rings. The summed E-state index contributed by atoms with van der Waals surface area (Å²) in [6, 6.07) is 0. The Hall–Kier alpha value is 0.400. The number of piperidine rings is 1. The number of hydrogen-bond acceptors (Lipinski definition) is 2. The first kappa shape index (κ1) is 14.8. The Morgan fingerprint density at radius 3 is 2.72 bits per heavy atom. The van der Waals surface area contributed by atoms with Crippen LogP contribution in [0.25, 0.3) is 0 Å². The highest BCUT2D eigenvalue weighted by atomic mass is 79.9. The van der Waals surface area contributed by atoms with E-state index in [-0.39, 0.29) is 0 Å². The number of ether oxygens (including phenoxy) is 1. The normalized spacial score (nSPS) is 28.7. The summed E-state index contributed by atoms with van der Waals surface area (Å²) in [5, 5.41) is 1.18. The van der Waals surface area contributed by atoms with Gasteiger partial charge < -0.3 is 9.64 Å². The average Bonchev–Trinajstić information content (AvgIpc) is 2.86. The summed E-state index contributed by atoms with van der Waals surface area (Å²) in [5.74, 6) is 0. The van der Waals surface area contributed by atoms with Crippen LogP contribution in [0.4, 0.5) is 0 Å². The van der Waals surface area contributed by atoms with Crippen molar-refractivity contribution in [2.45, 2.75) is 58.0 Å².